The number of fused-ring (bicyclic) bond motifs is 1. The molecule has 0 aromatic heterocycles. The van der Waals surface area contributed by atoms with Gasteiger partial charge in [0.1, 0.15) is 12.4 Å². The van der Waals surface area contributed by atoms with Gasteiger partial charge < -0.3 is 9.64 Å². The Kier molecular flexibility index (Phi) is 4.93. The average Bonchev–Trinajstić information content (AvgIpc) is 2.68. The normalized spacial score (nSPS) is 26.1. The van der Waals surface area contributed by atoms with Crippen molar-refractivity contribution in [2.75, 3.05) is 26.7 Å². The number of amides is 1. The topological polar surface area (TPSA) is 32.8 Å². The zero-order valence-corrected chi connectivity index (χ0v) is 16.0. The number of piperidine rings is 1. The van der Waals surface area contributed by atoms with Gasteiger partial charge in [0.2, 0.25) is 5.91 Å². The van der Waals surface area contributed by atoms with Crippen LogP contribution < -0.4 is 0 Å². The van der Waals surface area contributed by atoms with Crippen molar-refractivity contribution in [2.45, 2.75) is 24.6 Å². The smallest absolute Gasteiger partial charge is 0.249 e. The second-order valence-electron chi connectivity index (χ2n) is 7.26. The molecule has 1 amide bonds. The molecule has 0 N–H and O–H groups in total. The average molecular weight is 389 g/mol. The fourth-order valence-electron chi connectivity index (χ4n) is 4.32. The maximum Gasteiger partial charge on any atom is 0.249 e. The van der Waals surface area contributed by atoms with Gasteiger partial charge in [-0.3, -0.25) is 9.69 Å². The van der Waals surface area contributed by atoms with Crippen molar-refractivity contribution >= 4 is 17.5 Å². The van der Waals surface area contributed by atoms with Crippen LogP contribution in [0.25, 0.3) is 0 Å². The summed E-state index contributed by atoms with van der Waals surface area (Å²) in [4.78, 5) is 16.5. The van der Waals surface area contributed by atoms with Crippen LogP contribution in [-0.4, -0.2) is 48.6 Å². The van der Waals surface area contributed by atoms with Gasteiger partial charge >= 0.3 is 0 Å². The van der Waals surface area contributed by atoms with Crippen molar-refractivity contribution in [1.82, 2.24) is 9.80 Å². The summed E-state index contributed by atoms with van der Waals surface area (Å²) in [6, 6.07) is 14.6. The summed E-state index contributed by atoms with van der Waals surface area (Å²) in [5.41, 5.74) is 1.54. The lowest BCUT2D eigenvalue weighted by Gasteiger charge is -2.55. The van der Waals surface area contributed by atoms with Gasteiger partial charge in [-0.25, -0.2) is 4.39 Å². The van der Waals surface area contributed by atoms with E-state index in [1.807, 2.05) is 30.1 Å². The van der Waals surface area contributed by atoms with Crippen molar-refractivity contribution in [3.8, 4) is 0 Å². The van der Waals surface area contributed by atoms with E-state index >= 15 is 0 Å². The van der Waals surface area contributed by atoms with Crippen LogP contribution in [0.4, 0.5) is 4.39 Å². The van der Waals surface area contributed by atoms with Crippen LogP contribution in [0, 0.1) is 5.82 Å². The molecule has 0 bridgehead atoms. The first kappa shape index (κ1) is 18.4. The number of carbonyl (C=O) groups is 1. The van der Waals surface area contributed by atoms with Gasteiger partial charge in [0.05, 0.1) is 11.6 Å². The minimum atomic E-state index is -0.459. The number of carbonyl (C=O) groups excluding carboxylic acids is 1. The Morgan fingerprint density at radius 2 is 2.04 bits per heavy atom. The Morgan fingerprint density at radius 1 is 1.26 bits per heavy atom. The number of likely N-dealkylation sites (N-methyl/N-ethyl adjacent to an activating group) is 1. The van der Waals surface area contributed by atoms with Crippen LogP contribution in [0.15, 0.2) is 48.5 Å². The minimum Gasteiger partial charge on any atom is -0.364 e. The van der Waals surface area contributed by atoms with Gasteiger partial charge in [-0.15, -0.1) is 0 Å². The van der Waals surface area contributed by atoms with E-state index in [4.69, 9.17) is 16.3 Å². The number of halogens is 2. The van der Waals surface area contributed by atoms with Gasteiger partial charge in [0.15, 0.2) is 0 Å². The summed E-state index contributed by atoms with van der Waals surface area (Å²) < 4.78 is 19.3. The molecule has 4 nitrogen and oxygen atoms in total. The van der Waals surface area contributed by atoms with Crippen LogP contribution in [0.5, 0.6) is 0 Å². The molecule has 2 aliphatic heterocycles. The fourth-order valence-corrected chi connectivity index (χ4v) is 4.54. The molecule has 0 saturated carbocycles. The molecular formula is C21H22ClFN2O2. The molecule has 2 aliphatic rings. The van der Waals surface area contributed by atoms with E-state index in [-0.39, 0.29) is 24.4 Å². The predicted octanol–water partition coefficient (Wildman–Crippen LogP) is 3.44. The number of ether oxygens (including phenoxy) is 1. The van der Waals surface area contributed by atoms with Crippen molar-refractivity contribution < 1.29 is 13.9 Å². The third-order valence-electron chi connectivity index (χ3n) is 5.83. The molecule has 0 spiro atoms. The monoisotopic (exact) mass is 388 g/mol. The second-order valence-corrected chi connectivity index (χ2v) is 7.67. The minimum absolute atomic E-state index is 0.00475. The van der Waals surface area contributed by atoms with Crippen molar-refractivity contribution in [3.63, 3.8) is 0 Å². The summed E-state index contributed by atoms with van der Waals surface area (Å²) in [5, 5.41) is 0.437. The number of likely N-dealkylation sites (tertiary alicyclic amines) is 1. The Morgan fingerprint density at radius 3 is 2.78 bits per heavy atom. The predicted molar refractivity (Wildman–Crippen MR) is 102 cm³/mol. The largest absolute Gasteiger partial charge is 0.364 e. The van der Waals surface area contributed by atoms with Crippen molar-refractivity contribution in [3.05, 3.63) is 70.5 Å². The van der Waals surface area contributed by atoms with E-state index < -0.39 is 5.54 Å². The second kappa shape index (κ2) is 7.23. The van der Waals surface area contributed by atoms with E-state index in [0.717, 1.165) is 24.1 Å². The van der Waals surface area contributed by atoms with E-state index in [9.17, 15) is 9.18 Å². The van der Waals surface area contributed by atoms with Crippen LogP contribution in [-0.2, 0) is 21.6 Å². The molecule has 2 aromatic carbocycles. The van der Waals surface area contributed by atoms with Gasteiger partial charge in [0.25, 0.3) is 0 Å². The molecule has 0 aliphatic carbocycles. The number of rotatable bonds is 3. The molecule has 142 valence electrons. The Bertz CT molecular complexity index is 847. The van der Waals surface area contributed by atoms with Gasteiger partial charge in [0, 0.05) is 31.7 Å². The molecule has 2 aromatic rings. The first-order valence-corrected chi connectivity index (χ1v) is 9.48. The third-order valence-corrected chi connectivity index (χ3v) is 6.18. The summed E-state index contributed by atoms with van der Waals surface area (Å²) in [7, 11) is 1.87. The van der Waals surface area contributed by atoms with Gasteiger partial charge in [-0.2, -0.15) is 0 Å². The summed E-state index contributed by atoms with van der Waals surface area (Å²) in [6.07, 6.45) is 0.638. The lowest BCUT2D eigenvalue weighted by Crippen LogP contribution is -2.66. The maximum atomic E-state index is 13.3. The number of hydrogen-bond acceptors (Lipinski definition) is 3. The van der Waals surface area contributed by atoms with Crippen LogP contribution in [0.3, 0.4) is 0 Å². The zero-order chi connectivity index (χ0) is 19.0. The highest BCUT2D eigenvalue weighted by molar-refractivity contribution is 6.31. The molecular weight excluding hydrogens is 367 g/mol. The van der Waals surface area contributed by atoms with Crippen LogP contribution in [0.1, 0.15) is 17.5 Å². The molecule has 2 saturated heterocycles. The Hall–Kier alpha value is -1.95. The molecule has 27 heavy (non-hydrogen) atoms. The fraction of sp³-hybridized carbons (Fsp3) is 0.381. The molecule has 6 heteroatoms. The molecule has 2 atom stereocenters. The summed E-state index contributed by atoms with van der Waals surface area (Å²) >= 11 is 6.20. The Labute approximate surface area is 163 Å². The highest BCUT2D eigenvalue weighted by atomic mass is 35.5. The molecule has 0 radical (unpaired) electrons. The van der Waals surface area contributed by atoms with Gasteiger partial charge in [-0.05, 0) is 29.7 Å². The Balaban J connectivity index is 1.60. The van der Waals surface area contributed by atoms with E-state index in [2.05, 4.69) is 17.0 Å². The third kappa shape index (κ3) is 3.24. The maximum absolute atomic E-state index is 13.3. The lowest BCUT2D eigenvalue weighted by molar-refractivity contribution is -0.183. The molecule has 2 fully saturated rings. The standard InChI is InChI=1S/C21H22ClFN2O2/c1-24-20(26)14-27-19-13-25(12-15-7-8-17(23)11-18(15)22)10-9-21(19,24)16-5-3-2-4-6-16/h2-8,11,19H,9-10,12-14H2,1H3/t19-,21+/m1/s1. The lowest BCUT2D eigenvalue weighted by atomic mass is 9.76. The van der Waals surface area contributed by atoms with Crippen molar-refractivity contribution in [1.29, 1.82) is 0 Å². The first-order chi connectivity index (χ1) is 13.0. The van der Waals surface area contributed by atoms with Crippen LogP contribution in [0.2, 0.25) is 5.02 Å². The molecule has 2 heterocycles. The van der Waals surface area contributed by atoms with E-state index in [1.165, 1.54) is 12.1 Å². The SMILES string of the molecule is CN1C(=O)CO[C@@H]2CN(Cc3ccc(F)cc3Cl)CC[C@]21c1ccccc1. The van der Waals surface area contributed by atoms with Crippen LogP contribution >= 0.6 is 11.6 Å². The van der Waals surface area contributed by atoms with E-state index in [1.54, 1.807) is 6.07 Å². The number of morpholine rings is 1. The highest BCUT2D eigenvalue weighted by Gasteiger charge is 2.52. The zero-order valence-electron chi connectivity index (χ0n) is 15.2. The number of hydrogen-bond donors (Lipinski definition) is 0. The van der Waals surface area contributed by atoms with Crippen molar-refractivity contribution in [2.24, 2.45) is 0 Å². The molecule has 0 unspecified atom stereocenters. The first-order valence-electron chi connectivity index (χ1n) is 9.11. The number of benzene rings is 2. The summed E-state index contributed by atoms with van der Waals surface area (Å²) in [5.74, 6) is -0.327. The van der Waals surface area contributed by atoms with Gasteiger partial charge in [-0.1, -0.05) is 48.0 Å². The number of nitrogens with zero attached hydrogens (tertiary/aromatic N) is 2. The summed E-state index contributed by atoms with van der Waals surface area (Å²) in [6.45, 7) is 2.20. The highest BCUT2D eigenvalue weighted by Crippen LogP contribution is 2.42. The molecule has 4 rings (SSSR count). The quantitative estimate of drug-likeness (QED) is 0.807. The van der Waals surface area contributed by atoms with E-state index in [0.29, 0.717) is 18.1 Å².